The van der Waals surface area contributed by atoms with Gasteiger partial charge in [-0.05, 0) is 36.8 Å². The zero-order valence-electron chi connectivity index (χ0n) is 17.6. The minimum absolute atomic E-state index is 0.131. The van der Waals surface area contributed by atoms with Gasteiger partial charge in [0.25, 0.3) is 0 Å². The summed E-state index contributed by atoms with van der Waals surface area (Å²) in [6.45, 7) is 5.41. The molecular formula is C21H21ClN2O7S. The normalized spacial score (nSPS) is 11.8. The van der Waals surface area contributed by atoms with E-state index in [0.717, 1.165) is 11.6 Å². The number of benzene rings is 2. The predicted molar refractivity (Wildman–Crippen MR) is 120 cm³/mol. The number of hydrogen-bond donors (Lipinski definition) is 0. The van der Waals surface area contributed by atoms with Crippen LogP contribution in [-0.2, 0) is 16.6 Å². The summed E-state index contributed by atoms with van der Waals surface area (Å²) in [6, 6.07) is 7.94. The van der Waals surface area contributed by atoms with Crippen LogP contribution in [0, 0.1) is 17.0 Å². The first-order valence-electron chi connectivity index (χ1n) is 9.72. The molecule has 1 aromatic heterocycles. The number of nitro groups is 1. The van der Waals surface area contributed by atoms with Gasteiger partial charge in [-0.15, -0.1) is 0 Å². The Balaban J connectivity index is 1.99. The van der Waals surface area contributed by atoms with E-state index in [9.17, 15) is 23.3 Å². The third kappa shape index (κ3) is 4.62. The van der Waals surface area contributed by atoms with Gasteiger partial charge in [0.1, 0.15) is 12.2 Å². The molecule has 0 spiro atoms. The summed E-state index contributed by atoms with van der Waals surface area (Å²) in [5.74, 6) is -0.131. The molecule has 11 heteroatoms. The van der Waals surface area contributed by atoms with Crippen LogP contribution in [0.25, 0.3) is 11.0 Å². The third-order valence-corrected chi connectivity index (χ3v) is 7.42. The van der Waals surface area contributed by atoms with Crippen LogP contribution in [0.3, 0.4) is 0 Å². The fourth-order valence-electron chi connectivity index (χ4n) is 3.26. The van der Waals surface area contributed by atoms with E-state index in [1.54, 1.807) is 32.9 Å². The van der Waals surface area contributed by atoms with Crippen molar-refractivity contribution >= 4 is 38.3 Å². The first kappa shape index (κ1) is 23.7. The number of rotatable bonds is 8. The lowest BCUT2D eigenvalue weighted by atomic mass is 10.1. The van der Waals surface area contributed by atoms with Crippen LogP contribution in [0.5, 0.6) is 5.75 Å². The lowest BCUT2D eigenvalue weighted by Crippen LogP contribution is -2.30. The van der Waals surface area contributed by atoms with Crippen LogP contribution in [0.15, 0.2) is 50.5 Å². The van der Waals surface area contributed by atoms with E-state index in [4.69, 9.17) is 20.8 Å². The highest BCUT2D eigenvalue weighted by atomic mass is 35.5. The topological polar surface area (TPSA) is 120 Å². The van der Waals surface area contributed by atoms with E-state index in [-0.39, 0.29) is 30.3 Å². The number of fused-ring (bicyclic) bond motifs is 1. The molecule has 0 unspecified atom stereocenters. The summed E-state index contributed by atoms with van der Waals surface area (Å²) < 4.78 is 37.4. The molecule has 0 saturated carbocycles. The van der Waals surface area contributed by atoms with Crippen LogP contribution >= 0.6 is 11.6 Å². The Kier molecular flexibility index (Phi) is 6.87. The molecule has 0 aliphatic heterocycles. The van der Waals surface area contributed by atoms with Gasteiger partial charge in [-0.25, -0.2) is 13.2 Å². The Hall–Kier alpha value is -2.95. The fourth-order valence-corrected chi connectivity index (χ4v) is 4.90. The van der Waals surface area contributed by atoms with Crippen molar-refractivity contribution in [3.05, 3.63) is 73.1 Å². The van der Waals surface area contributed by atoms with Gasteiger partial charge in [0.2, 0.25) is 10.0 Å². The van der Waals surface area contributed by atoms with Crippen molar-refractivity contribution in [1.29, 1.82) is 0 Å². The Morgan fingerprint density at radius 3 is 2.47 bits per heavy atom. The van der Waals surface area contributed by atoms with Crippen molar-refractivity contribution in [2.45, 2.75) is 32.3 Å². The highest BCUT2D eigenvalue weighted by Gasteiger charge is 2.26. The smallest absolute Gasteiger partial charge is 0.336 e. The van der Waals surface area contributed by atoms with Crippen molar-refractivity contribution in [3.8, 4) is 5.75 Å². The number of nitro benzene ring substituents is 1. The lowest BCUT2D eigenvalue weighted by molar-refractivity contribution is -0.386. The van der Waals surface area contributed by atoms with Crippen LogP contribution in [0.4, 0.5) is 5.69 Å². The van der Waals surface area contributed by atoms with Crippen molar-refractivity contribution in [3.63, 3.8) is 0 Å². The molecule has 2 aromatic carbocycles. The first-order valence-corrected chi connectivity index (χ1v) is 11.5. The van der Waals surface area contributed by atoms with E-state index >= 15 is 0 Å². The van der Waals surface area contributed by atoms with Gasteiger partial charge in [0, 0.05) is 41.2 Å². The van der Waals surface area contributed by atoms with E-state index < -0.39 is 26.3 Å². The molecule has 0 N–H and O–H groups in total. The summed E-state index contributed by atoms with van der Waals surface area (Å²) in [6.07, 6.45) is 0. The number of hydrogen-bond acceptors (Lipinski definition) is 7. The van der Waals surface area contributed by atoms with Gasteiger partial charge in [-0.2, -0.15) is 4.31 Å². The molecule has 32 heavy (non-hydrogen) atoms. The molecule has 0 saturated heterocycles. The van der Waals surface area contributed by atoms with Crippen LogP contribution < -0.4 is 10.4 Å². The van der Waals surface area contributed by atoms with Gasteiger partial charge in [-0.1, -0.05) is 25.4 Å². The monoisotopic (exact) mass is 480 g/mol. The van der Waals surface area contributed by atoms with E-state index in [1.165, 1.54) is 22.5 Å². The number of sulfonamides is 1. The summed E-state index contributed by atoms with van der Waals surface area (Å²) >= 11 is 6.18. The molecule has 0 aliphatic rings. The second-order valence-electron chi connectivity index (χ2n) is 6.95. The van der Waals surface area contributed by atoms with Crippen LogP contribution in [-0.4, -0.2) is 30.7 Å². The Bertz CT molecular complexity index is 1350. The molecule has 0 radical (unpaired) electrons. The minimum atomic E-state index is -3.88. The average molecular weight is 481 g/mol. The molecule has 0 fully saturated rings. The van der Waals surface area contributed by atoms with Gasteiger partial charge < -0.3 is 9.15 Å². The molecule has 0 aliphatic carbocycles. The van der Waals surface area contributed by atoms with Gasteiger partial charge in [-0.3, -0.25) is 10.1 Å². The molecule has 0 amide bonds. The van der Waals surface area contributed by atoms with Gasteiger partial charge >= 0.3 is 11.3 Å². The number of nitrogens with zero attached hydrogens (tertiary/aromatic N) is 2. The summed E-state index contributed by atoms with van der Waals surface area (Å²) in [7, 11) is -3.88. The SMILES string of the molecule is CCN(CC)S(=O)(=O)c1ccc(OCc2cc(=O)oc3cc(C)c(Cl)cc23)c([N+](=O)[O-])c1. The summed E-state index contributed by atoms with van der Waals surface area (Å²) in [5.41, 5.74) is 0.355. The maximum atomic E-state index is 12.7. The molecule has 3 rings (SSSR count). The van der Waals surface area contributed by atoms with Crippen LogP contribution in [0.2, 0.25) is 5.02 Å². The van der Waals surface area contributed by atoms with E-state index in [1.807, 2.05) is 0 Å². The van der Waals surface area contributed by atoms with Crippen molar-refractivity contribution in [2.24, 2.45) is 0 Å². The molecular weight excluding hydrogens is 460 g/mol. The molecule has 3 aromatic rings. The lowest BCUT2D eigenvalue weighted by Gasteiger charge is -2.18. The second-order valence-corrected chi connectivity index (χ2v) is 9.30. The first-order chi connectivity index (χ1) is 15.1. The highest BCUT2D eigenvalue weighted by molar-refractivity contribution is 7.89. The van der Waals surface area contributed by atoms with Gasteiger partial charge in [0.05, 0.1) is 9.82 Å². The minimum Gasteiger partial charge on any atom is -0.482 e. The zero-order chi connectivity index (χ0) is 23.6. The van der Waals surface area contributed by atoms with Crippen molar-refractivity contribution < 1.29 is 22.5 Å². The maximum Gasteiger partial charge on any atom is 0.336 e. The predicted octanol–water partition coefficient (Wildman–Crippen LogP) is 4.27. The van der Waals surface area contributed by atoms with E-state index in [2.05, 4.69) is 0 Å². The standard InChI is InChI=1S/C21H21ClN2O7S/c1-4-23(5-2)32(28,29)15-6-7-19(18(10-15)24(26)27)30-12-14-9-21(25)31-20-8-13(3)17(22)11-16(14)20/h6-11H,4-5,12H2,1-3H3. The van der Waals surface area contributed by atoms with E-state index in [0.29, 0.717) is 21.6 Å². The molecule has 0 bridgehead atoms. The molecule has 170 valence electrons. The molecule has 1 heterocycles. The quantitative estimate of drug-likeness (QED) is 0.268. The largest absolute Gasteiger partial charge is 0.482 e. The highest BCUT2D eigenvalue weighted by Crippen LogP contribution is 2.32. The third-order valence-electron chi connectivity index (χ3n) is 4.96. The van der Waals surface area contributed by atoms with Crippen LogP contribution in [0.1, 0.15) is 25.0 Å². The van der Waals surface area contributed by atoms with Crippen molar-refractivity contribution in [1.82, 2.24) is 4.31 Å². The molecule has 9 nitrogen and oxygen atoms in total. The number of ether oxygens (including phenoxy) is 1. The van der Waals surface area contributed by atoms with Gasteiger partial charge in [0.15, 0.2) is 5.75 Å². The fraction of sp³-hybridized carbons (Fsp3) is 0.286. The number of aryl methyl sites for hydroxylation is 1. The van der Waals surface area contributed by atoms with Crippen molar-refractivity contribution in [2.75, 3.05) is 13.1 Å². The Morgan fingerprint density at radius 1 is 1.16 bits per heavy atom. The number of halogens is 1. The maximum absolute atomic E-state index is 12.7. The Labute approximate surface area is 189 Å². The Morgan fingerprint density at radius 2 is 1.84 bits per heavy atom. The second kappa shape index (κ2) is 9.27. The average Bonchev–Trinajstić information content (AvgIpc) is 2.73. The zero-order valence-corrected chi connectivity index (χ0v) is 19.2. The summed E-state index contributed by atoms with van der Waals surface area (Å²) in [4.78, 5) is 22.6. The molecule has 0 atom stereocenters. The summed E-state index contributed by atoms with van der Waals surface area (Å²) in [5, 5.41) is 12.6.